The van der Waals surface area contributed by atoms with E-state index < -0.39 is 45.7 Å². The van der Waals surface area contributed by atoms with E-state index in [0.29, 0.717) is 21.6 Å². The number of alkyl halides is 3. The fourth-order valence-corrected chi connectivity index (χ4v) is 5.35. The molecule has 8 nitrogen and oxygen atoms in total. The zero-order chi connectivity index (χ0) is 23.2. The summed E-state index contributed by atoms with van der Waals surface area (Å²) in [5.74, 6) is -2.70. The highest BCUT2D eigenvalue weighted by atomic mass is 32.2. The fraction of sp³-hybridized carbons (Fsp3) is 0.333. The van der Waals surface area contributed by atoms with Gasteiger partial charge in [-0.25, -0.2) is 13.9 Å². The molecule has 3 N–H and O–H groups in total. The summed E-state index contributed by atoms with van der Waals surface area (Å²) in [5, 5.41) is 17.4. The molecule has 1 aromatic heterocycles. The zero-order valence-corrected chi connectivity index (χ0v) is 17.8. The molecule has 2 atom stereocenters. The second-order valence-corrected chi connectivity index (χ2v) is 9.71. The van der Waals surface area contributed by atoms with E-state index in [2.05, 4.69) is 4.98 Å². The number of rotatable bonds is 9. The minimum absolute atomic E-state index is 0.198. The Balaban J connectivity index is 2.53. The molecule has 170 valence electrons. The zero-order valence-electron chi connectivity index (χ0n) is 16.2. The van der Waals surface area contributed by atoms with Gasteiger partial charge < -0.3 is 5.11 Å². The van der Waals surface area contributed by atoms with Crippen LogP contribution in [-0.2, 0) is 21.4 Å². The number of sulfonamides is 1. The smallest absolute Gasteiger partial charge is 0.397 e. The Hall–Kier alpha value is -2.35. The third-order valence-corrected chi connectivity index (χ3v) is 7.27. The number of amides is 1. The molecule has 0 saturated carbocycles. The highest BCUT2D eigenvalue weighted by Crippen LogP contribution is 2.31. The third-order valence-electron chi connectivity index (χ3n) is 4.15. The lowest BCUT2D eigenvalue weighted by Gasteiger charge is -2.33. The van der Waals surface area contributed by atoms with E-state index in [1.807, 2.05) is 0 Å². The summed E-state index contributed by atoms with van der Waals surface area (Å²) in [6, 6.07) is 5.83. The minimum Gasteiger partial charge on any atom is -0.508 e. The van der Waals surface area contributed by atoms with Crippen LogP contribution in [0.1, 0.15) is 12.5 Å². The van der Waals surface area contributed by atoms with E-state index in [-0.39, 0.29) is 10.6 Å². The van der Waals surface area contributed by atoms with Crippen LogP contribution in [-0.4, -0.2) is 57.1 Å². The average Bonchev–Trinajstić information content (AvgIpc) is 2.72. The number of nitrogens with one attached hydrogen (secondary N) is 1. The summed E-state index contributed by atoms with van der Waals surface area (Å²) < 4.78 is 65.5. The molecule has 1 aromatic carbocycles. The Labute approximate surface area is 181 Å². The van der Waals surface area contributed by atoms with Crippen LogP contribution >= 0.6 is 11.8 Å². The second kappa shape index (κ2) is 10.3. The minimum atomic E-state index is -4.54. The highest BCUT2D eigenvalue weighted by molar-refractivity contribution is 8.00. The summed E-state index contributed by atoms with van der Waals surface area (Å²) in [6.07, 6.45) is -1.74. The van der Waals surface area contributed by atoms with Crippen molar-refractivity contribution in [3.63, 3.8) is 0 Å². The van der Waals surface area contributed by atoms with Gasteiger partial charge in [-0.3, -0.25) is 15.0 Å². The van der Waals surface area contributed by atoms with Gasteiger partial charge in [-0.1, -0.05) is 13.0 Å². The number of phenolic OH excluding ortho intramolecular Hbond substituents is 1. The molecule has 0 aliphatic rings. The molecule has 1 amide bonds. The molecule has 0 aliphatic carbocycles. The molecular formula is C18H20F3N3O5S2. The van der Waals surface area contributed by atoms with Gasteiger partial charge in [-0.05, 0) is 35.9 Å². The maximum Gasteiger partial charge on any atom is 0.397 e. The van der Waals surface area contributed by atoms with Crippen molar-refractivity contribution in [2.24, 2.45) is 0 Å². The number of hydroxylamine groups is 1. The average molecular weight is 480 g/mol. The Morgan fingerprint density at radius 1 is 1.26 bits per heavy atom. The molecule has 0 fully saturated rings. The van der Waals surface area contributed by atoms with E-state index in [1.54, 1.807) is 0 Å². The van der Waals surface area contributed by atoms with Crippen molar-refractivity contribution in [3.8, 4) is 5.75 Å². The molecule has 0 aliphatic heterocycles. The number of carbonyl (C=O) groups is 1. The standard InChI is InChI=1S/C18H20F3N3O5S2/c1-12(30-11-18(19,20)21)16(17(26)23-27)24(10-13-3-2-8-22-9-13)31(28,29)15-6-4-14(25)5-7-15/h2-9,12,16,25,27H,10-11H2,1H3,(H,23,26)/t12?,16-/m1/s1. The number of carbonyl (C=O) groups excluding carboxylic acids is 1. The number of thioether (sulfide) groups is 1. The Kier molecular flexibility index (Phi) is 8.28. The monoisotopic (exact) mass is 479 g/mol. The van der Waals surface area contributed by atoms with Crippen LogP contribution in [0.25, 0.3) is 0 Å². The molecule has 0 spiro atoms. The van der Waals surface area contributed by atoms with Crippen molar-refractivity contribution in [2.75, 3.05) is 5.75 Å². The van der Waals surface area contributed by atoms with Crippen LogP contribution in [0.2, 0.25) is 0 Å². The van der Waals surface area contributed by atoms with E-state index in [9.17, 15) is 36.7 Å². The van der Waals surface area contributed by atoms with E-state index >= 15 is 0 Å². The van der Waals surface area contributed by atoms with Crippen molar-refractivity contribution < 1.29 is 36.7 Å². The Morgan fingerprint density at radius 3 is 2.42 bits per heavy atom. The lowest BCUT2D eigenvalue weighted by molar-refractivity contribution is -0.133. The summed E-state index contributed by atoms with van der Waals surface area (Å²) >= 11 is 0.329. The molecule has 1 unspecified atom stereocenters. The van der Waals surface area contributed by atoms with E-state index in [4.69, 9.17) is 0 Å². The van der Waals surface area contributed by atoms with Crippen LogP contribution in [0.5, 0.6) is 5.75 Å². The van der Waals surface area contributed by atoms with Crippen molar-refractivity contribution in [3.05, 3.63) is 54.4 Å². The molecule has 2 aromatic rings. The van der Waals surface area contributed by atoms with Crippen molar-refractivity contribution in [1.29, 1.82) is 0 Å². The van der Waals surface area contributed by atoms with Gasteiger partial charge in [0.25, 0.3) is 5.91 Å². The summed E-state index contributed by atoms with van der Waals surface area (Å²) in [6.45, 7) is 0.866. The summed E-state index contributed by atoms with van der Waals surface area (Å²) in [5.41, 5.74) is 1.72. The second-order valence-electron chi connectivity index (χ2n) is 6.46. The maximum atomic E-state index is 13.3. The van der Waals surface area contributed by atoms with Gasteiger partial charge in [-0.15, -0.1) is 11.8 Å². The predicted molar refractivity (Wildman–Crippen MR) is 107 cm³/mol. The third kappa shape index (κ3) is 6.82. The molecule has 0 bridgehead atoms. The van der Waals surface area contributed by atoms with Gasteiger partial charge in [0.2, 0.25) is 10.0 Å². The predicted octanol–water partition coefficient (Wildman–Crippen LogP) is 2.54. The van der Waals surface area contributed by atoms with Gasteiger partial charge in [0.1, 0.15) is 11.8 Å². The summed E-state index contributed by atoms with van der Waals surface area (Å²) in [7, 11) is -4.44. The number of halogens is 3. The first-order valence-corrected chi connectivity index (χ1v) is 11.3. The normalized spacial score (nSPS) is 14.3. The molecule has 2 rings (SSSR count). The number of pyridine rings is 1. The number of aromatic nitrogens is 1. The van der Waals surface area contributed by atoms with Crippen molar-refractivity contribution in [2.45, 2.75) is 35.8 Å². The van der Waals surface area contributed by atoms with Crippen LogP contribution < -0.4 is 5.48 Å². The van der Waals surface area contributed by atoms with Crippen LogP contribution in [0, 0.1) is 0 Å². The van der Waals surface area contributed by atoms with E-state index in [0.717, 1.165) is 24.3 Å². The van der Waals surface area contributed by atoms with Gasteiger partial charge in [0.15, 0.2) is 0 Å². The first kappa shape index (κ1) is 24.9. The number of phenols is 1. The number of benzene rings is 1. The molecule has 31 heavy (non-hydrogen) atoms. The van der Waals surface area contributed by atoms with Gasteiger partial charge in [-0.2, -0.15) is 17.5 Å². The van der Waals surface area contributed by atoms with Crippen LogP contribution in [0.4, 0.5) is 13.2 Å². The van der Waals surface area contributed by atoms with Crippen molar-refractivity contribution >= 4 is 27.7 Å². The summed E-state index contributed by atoms with van der Waals surface area (Å²) in [4.78, 5) is 16.0. The van der Waals surface area contributed by atoms with Crippen LogP contribution in [0.3, 0.4) is 0 Å². The molecule has 0 saturated heterocycles. The Bertz CT molecular complexity index is 973. The number of hydrogen-bond donors (Lipinski definition) is 3. The molecular weight excluding hydrogens is 459 g/mol. The highest BCUT2D eigenvalue weighted by Gasteiger charge is 2.41. The quantitative estimate of drug-likeness (QED) is 0.373. The van der Waals surface area contributed by atoms with E-state index in [1.165, 1.54) is 36.9 Å². The number of aromatic hydroxyl groups is 1. The van der Waals surface area contributed by atoms with Crippen LogP contribution in [0.15, 0.2) is 53.7 Å². The maximum absolute atomic E-state index is 13.3. The van der Waals surface area contributed by atoms with Crippen molar-refractivity contribution in [1.82, 2.24) is 14.8 Å². The molecule has 13 heteroatoms. The molecule has 0 radical (unpaired) electrons. The first-order chi connectivity index (χ1) is 14.5. The topological polar surface area (TPSA) is 120 Å². The van der Waals surface area contributed by atoms with Gasteiger partial charge in [0.05, 0.1) is 10.6 Å². The SMILES string of the molecule is CC(SCC(F)(F)F)[C@H](C(=O)NO)N(Cc1cccnc1)S(=O)(=O)c1ccc(O)cc1. The fourth-order valence-electron chi connectivity index (χ4n) is 2.72. The lowest BCUT2D eigenvalue weighted by Crippen LogP contribution is -2.53. The first-order valence-electron chi connectivity index (χ1n) is 8.78. The van der Waals surface area contributed by atoms with Gasteiger partial charge >= 0.3 is 6.18 Å². The number of nitrogens with zero attached hydrogens (tertiary/aromatic N) is 2. The lowest BCUT2D eigenvalue weighted by atomic mass is 10.2. The molecule has 1 heterocycles. The largest absolute Gasteiger partial charge is 0.508 e. The van der Waals surface area contributed by atoms with Gasteiger partial charge in [0, 0.05) is 24.2 Å². The number of hydrogen-bond acceptors (Lipinski definition) is 7. The Morgan fingerprint density at radius 2 is 1.90 bits per heavy atom.